The van der Waals surface area contributed by atoms with Crippen LogP contribution in [0.25, 0.3) is 0 Å². The fourth-order valence-corrected chi connectivity index (χ4v) is 4.64. The maximum absolute atomic E-state index is 12.5. The van der Waals surface area contributed by atoms with Gasteiger partial charge in [-0.15, -0.1) is 11.3 Å². The van der Waals surface area contributed by atoms with Gasteiger partial charge in [-0.25, -0.2) is 8.42 Å². The van der Waals surface area contributed by atoms with Crippen molar-refractivity contribution in [2.24, 2.45) is 5.92 Å². The second kappa shape index (κ2) is 9.25. The summed E-state index contributed by atoms with van der Waals surface area (Å²) < 4.78 is 56.6. The van der Waals surface area contributed by atoms with Gasteiger partial charge in [-0.1, -0.05) is 38.1 Å². The summed E-state index contributed by atoms with van der Waals surface area (Å²) in [6.07, 6.45) is 0. The van der Waals surface area contributed by atoms with Gasteiger partial charge in [0.2, 0.25) is 5.91 Å². The summed E-state index contributed by atoms with van der Waals surface area (Å²) in [5.41, 5.74) is 0.356. The Kier molecular flexibility index (Phi) is 7.28. The smallest absolute Gasteiger partial charge is 0.387 e. The van der Waals surface area contributed by atoms with Gasteiger partial charge in [-0.3, -0.25) is 4.79 Å². The number of hydrogen-bond donors (Lipinski definition) is 2. The maximum Gasteiger partial charge on any atom is 0.387 e. The van der Waals surface area contributed by atoms with Crippen molar-refractivity contribution in [3.8, 4) is 5.75 Å². The number of ether oxygens (including phenoxy) is 1. The molecule has 0 aliphatic rings. The lowest BCUT2D eigenvalue weighted by Crippen LogP contribution is -2.49. The van der Waals surface area contributed by atoms with Crippen LogP contribution in [0.4, 0.5) is 8.78 Å². The molecule has 0 aliphatic heterocycles. The summed E-state index contributed by atoms with van der Waals surface area (Å²) >= 11 is 1.04. The molecule has 1 heterocycles. The fraction of sp³-hybridized carbons (Fsp3) is 0.353. The van der Waals surface area contributed by atoms with E-state index in [2.05, 4.69) is 14.8 Å². The van der Waals surface area contributed by atoms with E-state index < -0.39 is 28.6 Å². The Labute approximate surface area is 160 Å². The van der Waals surface area contributed by atoms with Gasteiger partial charge in [-0.2, -0.15) is 13.5 Å². The molecule has 0 aliphatic carbocycles. The molecule has 1 aromatic heterocycles. The van der Waals surface area contributed by atoms with Gasteiger partial charge in [-0.05, 0) is 23.4 Å². The van der Waals surface area contributed by atoms with Crippen LogP contribution in [0.1, 0.15) is 19.4 Å². The Morgan fingerprint density at radius 1 is 1.19 bits per heavy atom. The van der Waals surface area contributed by atoms with Gasteiger partial charge in [0.25, 0.3) is 10.0 Å². The van der Waals surface area contributed by atoms with E-state index in [-0.39, 0.29) is 22.4 Å². The molecule has 10 heteroatoms. The highest BCUT2D eigenvalue weighted by Crippen LogP contribution is 2.21. The first-order valence-electron chi connectivity index (χ1n) is 8.07. The number of nitrogens with one attached hydrogen (secondary N) is 2. The number of alkyl halides is 2. The minimum atomic E-state index is -3.83. The van der Waals surface area contributed by atoms with Crippen molar-refractivity contribution in [3.05, 3.63) is 47.3 Å². The molecule has 2 N–H and O–H groups in total. The first kappa shape index (κ1) is 21.3. The molecule has 2 aromatic rings. The topological polar surface area (TPSA) is 84.5 Å². The lowest BCUT2D eigenvalue weighted by molar-refractivity contribution is -0.123. The molecular formula is C17H20F2N2O4S2. The lowest BCUT2D eigenvalue weighted by atomic mass is 10.0. The van der Waals surface area contributed by atoms with Crippen LogP contribution in [0.3, 0.4) is 0 Å². The molecular weight excluding hydrogens is 398 g/mol. The summed E-state index contributed by atoms with van der Waals surface area (Å²) in [6.45, 7) is 0.346. The minimum Gasteiger partial charge on any atom is -0.434 e. The normalized spacial score (nSPS) is 13.0. The number of halogens is 2. The summed E-state index contributed by atoms with van der Waals surface area (Å²) in [4.78, 5) is 12.5. The Bertz CT molecular complexity index is 856. The molecule has 1 atom stereocenters. The SMILES string of the molecule is CC(C)[C@@H](NS(=O)(=O)c1cccs1)C(=O)NCc1ccccc1OC(F)F. The molecule has 148 valence electrons. The molecule has 1 aromatic carbocycles. The van der Waals surface area contributed by atoms with E-state index in [0.717, 1.165) is 11.3 Å². The number of carbonyl (C=O) groups excluding carboxylic acids is 1. The van der Waals surface area contributed by atoms with Gasteiger partial charge < -0.3 is 10.1 Å². The Hall–Kier alpha value is -2.04. The fourth-order valence-electron chi connectivity index (χ4n) is 2.29. The van der Waals surface area contributed by atoms with Crippen molar-refractivity contribution in [2.75, 3.05) is 0 Å². The van der Waals surface area contributed by atoms with Crippen molar-refractivity contribution in [1.82, 2.24) is 10.0 Å². The van der Waals surface area contributed by atoms with E-state index in [1.165, 1.54) is 24.3 Å². The van der Waals surface area contributed by atoms with Crippen LogP contribution in [0.5, 0.6) is 5.75 Å². The molecule has 0 fully saturated rings. The predicted molar refractivity (Wildman–Crippen MR) is 98.2 cm³/mol. The Morgan fingerprint density at radius 3 is 2.48 bits per heavy atom. The van der Waals surface area contributed by atoms with Crippen LogP contribution in [0, 0.1) is 5.92 Å². The van der Waals surface area contributed by atoms with Crippen molar-refractivity contribution in [1.29, 1.82) is 0 Å². The summed E-state index contributed by atoms with van der Waals surface area (Å²) in [5.74, 6) is -0.933. The van der Waals surface area contributed by atoms with Gasteiger partial charge in [0.15, 0.2) is 0 Å². The number of carbonyl (C=O) groups is 1. The number of para-hydroxylation sites is 1. The first-order chi connectivity index (χ1) is 12.7. The number of benzene rings is 1. The van der Waals surface area contributed by atoms with Crippen molar-refractivity contribution in [2.45, 2.75) is 37.3 Å². The van der Waals surface area contributed by atoms with Crippen molar-refractivity contribution < 1.29 is 26.7 Å². The standard InChI is InChI=1S/C17H20F2N2O4S2/c1-11(2)15(21-27(23,24)14-8-5-9-26-14)16(22)20-10-12-6-3-4-7-13(12)25-17(18)19/h3-9,11,15,17,21H,10H2,1-2H3,(H,20,22)/t15-/m1/s1. The molecule has 0 saturated heterocycles. The molecule has 2 rings (SSSR count). The third-order valence-corrected chi connectivity index (χ3v) is 6.47. The number of sulfonamides is 1. The highest BCUT2D eigenvalue weighted by Gasteiger charge is 2.28. The van der Waals surface area contributed by atoms with Crippen LogP contribution in [-0.4, -0.2) is 27.0 Å². The average molecular weight is 418 g/mol. The summed E-state index contributed by atoms with van der Waals surface area (Å²) in [6, 6.07) is 8.10. The largest absolute Gasteiger partial charge is 0.434 e. The zero-order chi connectivity index (χ0) is 20.0. The molecule has 0 spiro atoms. The predicted octanol–water partition coefficient (Wildman–Crippen LogP) is 2.97. The summed E-state index contributed by atoms with van der Waals surface area (Å²) in [7, 11) is -3.83. The third kappa shape index (κ3) is 5.98. The number of thiophene rings is 1. The number of amides is 1. The van der Waals surface area contributed by atoms with E-state index in [4.69, 9.17) is 0 Å². The van der Waals surface area contributed by atoms with Gasteiger partial charge >= 0.3 is 6.61 Å². The van der Waals surface area contributed by atoms with Crippen LogP contribution in [0.15, 0.2) is 46.0 Å². The van der Waals surface area contributed by atoms with E-state index in [1.54, 1.807) is 31.4 Å². The average Bonchev–Trinajstić information content (AvgIpc) is 3.13. The second-order valence-electron chi connectivity index (χ2n) is 5.98. The Morgan fingerprint density at radius 2 is 1.89 bits per heavy atom. The first-order valence-corrected chi connectivity index (χ1v) is 10.4. The van der Waals surface area contributed by atoms with E-state index >= 15 is 0 Å². The molecule has 0 bridgehead atoms. The highest BCUT2D eigenvalue weighted by molar-refractivity contribution is 7.91. The van der Waals surface area contributed by atoms with Gasteiger partial charge in [0.05, 0.1) is 0 Å². The van der Waals surface area contributed by atoms with Crippen molar-refractivity contribution >= 4 is 27.3 Å². The van der Waals surface area contributed by atoms with E-state index in [0.29, 0.717) is 5.56 Å². The number of rotatable bonds is 9. The summed E-state index contributed by atoms with van der Waals surface area (Å²) in [5, 5.41) is 4.20. The van der Waals surface area contributed by atoms with Crippen LogP contribution >= 0.6 is 11.3 Å². The zero-order valence-electron chi connectivity index (χ0n) is 14.7. The van der Waals surface area contributed by atoms with E-state index in [1.807, 2.05) is 0 Å². The van der Waals surface area contributed by atoms with E-state index in [9.17, 15) is 22.0 Å². The number of hydrogen-bond acceptors (Lipinski definition) is 5. The third-order valence-electron chi connectivity index (χ3n) is 3.63. The quantitative estimate of drug-likeness (QED) is 0.656. The van der Waals surface area contributed by atoms with Crippen LogP contribution < -0.4 is 14.8 Å². The van der Waals surface area contributed by atoms with Gasteiger partial charge in [0.1, 0.15) is 16.0 Å². The zero-order valence-corrected chi connectivity index (χ0v) is 16.3. The van der Waals surface area contributed by atoms with Crippen molar-refractivity contribution in [3.63, 3.8) is 0 Å². The molecule has 0 saturated carbocycles. The van der Waals surface area contributed by atoms with Gasteiger partial charge in [0, 0.05) is 12.1 Å². The van der Waals surface area contributed by atoms with Crippen LogP contribution in [-0.2, 0) is 21.4 Å². The molecule has 27 heavy (non-hydrogen) atoms. The second-order valence-corrected chi connectivity index (χ2v) is 8.87. The van der Waals surface area contributed by atoms with Crippen LogP contribution in [0.2, 0.25) is 0 Å². The molecule has 6 nitrogen and oxygen atoms in total. The monoisotopic (exact) mass is 418 g/mol. The minimum absolute atomic E-state index is 0.0481. The highest BCUT2D eigenvalue weighted by atomic mass is 32.2. The molecule has 1 amide bonds. The molecule has 0 radical (unpaired) electrons. The Balaban J connectivity index is 2.08. The molecule has 0 unspecified atom stereocenters. The maximum atomic E-state index is 12.5. The lowest BCUT2D eigenvalue weighted by Gasteiger charge is -2.21.